The molecule has 0 aliphatic heterocycles. The summed E-state index contributed by atoms with van der Waals surface area (Å²) in [5.41, 5.74) is 3.11. The van der Waals surface area contributed by atoms with E-state index in [1.165, 1.54) is 0 Å². The Balaban J connectivity index is 1.87. The molecule has 0 radical (unpaired) electrons. The van der Waals surface area contributed by atoms with Gasteiger partial charge in [0.15, 0.2) is 17.3 Å². The van der Waals surface area contributed by atoms with Crippen molar-refractivity contribution in [3.63, 3.8) is 0 Å². The second-order valence-electron chi connectivity index (χ2n) is 5.26. The normalized spacial score (nSPS) is 19.6. The Morgan fingerprint density at radius 3 is 1.81 bits per heavy atom. The summed E-state index contributed by atoms with van der Waals surface area (Å²) in [7, 11) is 0. The van der Waals surface area contributed by atoms with Crippen LogP contribution in [-0.4, -0.2) is 16.1 Å². The minimum atomic E-state index is 0.0457. The second-order valence-corrected chi connectivity index (χ2v) is 5.26. The maximum atomic E-state index is 12.5. The summed E-state index contributed by atoms with van der Waals surface area (Å²) in [5.74, 6) is 1.28. The van der Waals surface area contributed by atoms with Gasteiger partial charge >= 0.3 is 0 Å². The molecule has 0 amide bonds. The van der Waals surface area contributed by atoms with Crippen molar-refractivity contribution >= 4 is 17.9 Å². The molecule has 0 N–H and O–H groups in total. The number of aromatic nitrogens is 2. The van der Waals surface area contributed by atoms with Crippen LogP contribution in [0.3, 0.4) is 0 Å². The third kappa shape index (κ3) is 3.02. The van der Waals surface area contributed by atoms with E-state index in [0.29, 0.717) is 11.5 Å². The van der Waals surface area contributed by atoms with Crippen LogP contribution in [-0.2, 0) is 4.79 Å². The first-order valence-corrected chi connectivity index (χ1v) is 6.94. The highest BCUT2D eigenvalue weighted by atomic mass is 16.5. The molecule has 5 heteroatoms. The first-order valence-electron chi connectivity index (χ1n) is 6.94. The average Bonchev–Trinajstić information content (AvgIpc) is 3.03. The topological polar surface area (TPSA) is 69.1 Å². The van der Waals surface area contributed by atoms with Gasteiger partial charge in [-0.3, -0.25) is 4.79 Å². The van der Waals surface area contributed by atoms with E-state index >= 15 is 0 Å². The predicted octanol–water partition coefficient (Wildman–Crippen LogP) is 3.50. The number of Topliss-reactive ketones (excluding diaryl/α,β-unsaturated/α-hetero) is 1. The zero-order valence-electron chi connectivity index (χ0n) is 12.0. The van der Waals surface area contributed by atoms with Gasteiger partial charge in [0.25, 0.3) is 0 Å². The van der Waals surface area contributed by atoms with Gasteiger partial charge < -0.3 is 9.05 Å². The summed E-state index contributed by atoms with van der Waals surface area (Å²) in [5, 5.41) is 7.66. The lowest BCUT2D eigenvalue weighted by Gasteiger charge is -2.15. The number of hydrogen-bond acceptors (Lipinski definition) is 5. The number of ketones is 1. The first-order chi connectivity index (χ1) is 10.1. The van der Waals surface area contributed by atoms with E-state index < -0.39 is 0 Å². The van der Waals surface area contributed by atoms with E-state index in [4.69, 9.17) is 9.05 Å². The van der Waals surface area contributed by atoms with E-state index in [2.05, 4.69) is 10.3 Å². The number of carbonyl (C=O) groups is 1. The summed E-state index contributed by atoms with van der Waals surface area (Å²) in [6.07, 6.45) is 6.00. The largest absolute Gasteiger partial charge is 0.357 e. The molecule has 0 saturated heterocycles. The standard InChI is InChI=1S/C16H16N2O3/c1-10-6-14(20-17-10)8-12-4-3-5-13(16(12)19)9-15-7-11(2)18-21-15/h6-9H,3-5H2,1-2H3/b12-8+,13-9+. The molecule has 0 unspecified atom stereocenters. The Kier molecular flexibility index (Phi) is 3.56. The third-order valence-corrected chi connectivity index (χ3v) is 3.40. The SMILES string of the molecule is Cc1cc(/C=C2\CCC/C(=C\c3cc(C)no3)C2=O)on1. The molecule has 1 aliphatic carbocycles. The molecule has 1 fully saturated rings. The molecule has 2 heterocycles. The van der Waals surface area contributed by atoms with Crippen LogP contribution in [0.25, 0.3) is 12.2 Å². The molecule has 1 saturated carbocycles. The zero-order chi connectivity index (χ0) is 14.8. The van der Waals surface area contributed by atoms with E-state index in [-0.39, 0.29) is 5.78 Å². The summed E-state index contributed by atoms with van der Waals surface area (Å²) < 4.78 is 10.3. The third-order valence-electron chi connectivity index (χ3n) is 3.40. The van der Waals surface area contributed by atoms with Crippen LogP contribution >= 0.6 is 0 Å². The number of carbonyl (C=O) groups excluding carboxylic acids is 1. The van der Waals surface area contributed by atoms with Crippen molar-refractivity contribution in [3.05, 3.63) is 46.2 Å². The molecule has 21 heavy (non-hydrogen) atoms. The van der Waals surface area contributed by atoms with Crippen molar-refractivity contribution in [1.29, 1.82) is 0 Å². The number of rotatable bonds is 2. The van der Waals surface area contributed by atoms with E-state index in [9.17, 15) is 4.79 Å². The van der Waals surface area contributed by atoms with Gasteiger partial charge in [0.2, 0.25) is 0 Å². The Bertz CT molecular complexity index is 674. The summed E-state index contributed by atoms with van der Waals surface area (Å²) in [4.78, 5) is 12.5. The Morgan fingerprint density at radius 1 is 0.952 bits per heavy atom. The maximum absolute atomic E-state index is 12.5. The lowest BCUT2D eigenvalue weighted by Crippen LogP contribution is -2.12. The molecule has 0 bridgehead atoms. The Hall–Kier alpha value is -2.43. The van der Waals surface area contributed by atoms with Crippen LogP contribution in [0.5, 0.6) is 0 Å². The van der Waals surface area contributed by atoms with Gasteiger partial charge in [-0.25, -0.2) is 0 Å². The Labute approximate surface area is 122 Å². The van der Waals surface area contributed by atoms with Gasteiger partial charge in [0.05, 0.1) is 11.4 Å². The Morgan fingerprint density at radius 2 is 1.43 bits per heavy atom. The molecule has 3 rings (SSSR count). The van der Waals surface area contributed by atoms with Crippen molar-refractivity contribution in [1.82, 2.24) is 10.3 Å². The molecular formula is C16H16N2O3. The lowest BCUT2D eigenvalue weighted by molar-refractivity contribution is -0.112. The van der Waals surface area contributed by atoms with Gasteiger partial charge in [-0.1, -0.05) is 10.3 Å². The zero-order valence-corrected chi connectivity index (χ0v) is 12.0. The van der Waals surface area contributed by atoms with E-state index in [0.717, 1.165) is 41.8 Å². The molecule has 108 valence electrons. The van der Waals surface area contributed by atoms with Crippen LogP contribution in [0, 0.1) is 13.8 Å². The van der Waals surface area contributed by atoms with Crippen LogP contribution in [0.15, 0.2) is 32.3 Å². The molecule has 1 aliphatic rings. The highest BCUT2D eigenvalue weighted by Crippen LogP contribution is 2.28. The van der Waals surface area contributed by atoms with Crippen molar-refractivity contribution in [2.24, 2.45) is 0 Å². The van der Waals surface area contributed by atoms with Crippen molar-refractivity contribution in [2.75, 3.05) is 0 Å². The number of nitrogens with zero attached hydrogens (tertiary/aromatic N) is 2. The molecule has 2 aromatic rings. The maximum Gasteiger partial charge on any atom is 0.185 e. The van der Waals surface area contributed by atoms with Crippen LogP contribution in [0.4, 0.5) is 0 Å². The van der Waals surface area contributed by atoms with Crippen LogP contribution in [0.2, 0.25) is 0 Å². The number of allylic oxidation sites excluding steroid dienone is 2. The molecule has 0 spiro atoms. The first kappa shape index (κ1) is 13.5. The van der Waals surface area contributed by atoms with Gasteiger partial charge in [0, 0.05) is 23.3 Å². The molecule has 0 atom stereocenters. The van der Waals surface area contributed by atoms with Crippen molar-refractivity contribution in [3.8, 4) is 0 Å². The van der Waals surface area contributed by atoms with Gasteiger partial charge in [-0.2, -0.15) is 0 Å². The fourth-order valence-electron chi connectivity index (χ4n) is 2.42. The molecular weight excluding hydrogens is 268 g/mol. The number of aryl methyl sites for hydroxylation is 2. The van der Waals surface area contributed by atoms with E-state index in [1.54, 1.807) is 12.2 Å². The van der Waals surface area contributed by atoms with Crippen LogP contribution in [0.1, 0.15) is 42.2 Å². The van der Waals surface area contributed by atoms with Crippen molar-refractivity contribution in [2.45, 2.75) is 33.1 Å². The van der Waals surface area contributed by atoms with Crippen molar-refractivity contribution < 1.29 is 13.8 Å². The summed E-state index contributed by atoms with van der Waals surface area (Å²) >= 11 is 0. The average molecular weight is 284 g/mol. The highest BCUT2D eigenvalue weighted by molar-refractivity contribution is 6.13. The fourth-order valence-corrected chi connectivity index (χ4v) is 2.42. The summed E-state index contributed by atoms with van der Waals surface area (Å²) in [6, 6.07) is 3.64. The quantitative estimate of drug-likeness (QED) is 0.789. The monoisotopic (exact) mass is 284 g/mol. The lowest BCUT2D eigenvalue weighted by atomic mass is 9.88. The molecule has 5 nitrogen and oxygen atoms in total. The molecule has 2 aromatic heterocycles. The van der Waals surface area contributed by atoms with Gasteiger partial charge in [0.1, 0.15) is 0 Å². The van der Waals surface area contributed by atoms with E-state index in [1.807, 2.05) is 26.0 Å². The summed E-state index contributed by atoms with van der Waals surface area (Å²) in [6.45, 7) is 3.71. The van der Waals surface area contributed by atoms with Gasteiger partial charge in [-0.15, -0.1) is 0 Å². The predicted molar refractivity (Wildman–Crippen MR) is 77.3 cm³/mol. The smallest absolute Gasteiger partial charge is 0.185 e. The van der Waals surface area contributed by atoms with Crippen LogP contribution < -0.4 is 0 Å². The number of hydrogen-bond donors (Lipinski definition) is 0. The fraction of sp³-hybridized carbons (Fsp3) is 0.312. The second kappa shape index (κ2) is 5.52. The van der Waals surface area contributed by atoms with Gasteiger partial charge in [-0.05, 0) is 45.3 Å². The minimum Gasteiger partial charge on any atom is -0.357 e. The highest BCUT2D eigenvalue weighted by Gasteiger charge is 2.21. The molecule has 0 aromatic carbocycles. The minimum absolute atomic E-state index is 0.0457.